The molecule has 1 heterocycles. The molecular formula is C12H13ClN2. The first-order valence-corrected chi connectivity index (χ1v) is 5.58. The van der Waals surface area contributed by atoms with Crippen molar-refractivity contribution in [3.63, 3.8) is 0 Å². The molecule has 2 aromatic rings. The van der Waals surface area contributed by atoms with Crippen LogP contribution in [0, 0.1) is 0 Å². The summed E-state index contributed by atoms with van der Waals surface area (Å²) in [5, 5.41) is 4.31. The zero-order valence-corrected chi connectivity index (χ0v) is 9.19. The quantitative estimate of drug-likeness (QED) is 0.725. The Kier molecular flexibility index (Phi) is 3.41. The molecule has 0 aliphatic carbocycles. The molecule has 1 aromatic carbocycles. The number of rotatable bonds is 4. The molecular weight excluding hydrogens is 208 g/mol. The summed E-state index contributed by atoms with van der Waals surface area (Å²) in [6.45, 7) is 0. The van der Waals surface area contributed by atoms with Gasteiger partial charge in [-0.25, -0.2) is 4.68 Å². The van der Waals surface area contributed by atoms with E-state index in [0.29, 0.717) is 5.88 Å². The summed E-state index contributed by atoms with van der Waals surface area (Å²) < 4.78 is 1.89. The normalized spacial score (nSPS) is 10.5. The lowest BCUT2D eigenvalue weighted by Gasteiger charge is -1.98. The topological polar surface area (TPSA) is 17.8 Å². The number of alkyl halides is 1. The van der Waals surface area contributed by atoms with E-state index in [4.69, 9.17) is 11.6 Å². The minimum Gasteiger partial charge on any atom is -0.241 e. The highest BCUT2D eigenvalue weighted by Gasteiger charge is 1.99. The maximum Gasteiger partial charge on any atom is 0.0645 e. The van der Waals surface area contributed by atoms with Crippen LogP contribution in [0.15, 0.2) is 42.7 Å². The highest BCUT2D eigenvalue weighted by atomic mass is 35.5. The molecule has 0 fully saturated rings. The average molecular weight is 221 g/mol. The molecule has 0 amide bonds. The van der Waals surface area contributed by atoms with E-state index in [-0.39, 0.29) is 0 Å². The van der Waals surface area contributed by atoms with Gasteiger partial charge in [0.2, 0.25) is 0 Å². The number of nitrogens with zero attached hydrogens (tertiary/aromatic N) is 2. The van der Waals surface area contributed by atoms with Crippen LogP contribution >= 0.6 is 11.6 Å². The Labute approximate surface area is 94.5 Å². The largest absolute Gasteiger partial charge is 0.241 e. The molecule has 15 heavy (non-hydrogen) atoms. The van der Waals surface area contributed by atoms with Crippen LogP contribution < -0.4 is 0 Å². The van der Waals surface area contributed by atoms with Gasteiger partial charge in [-0.15, -0.1) is 11.6 Å². The highest BCUT2D eigenvalue weighted by Crippen LogP contribution is 2.09. The van der Waals surface area contributed by atoms with Crippen molar-refractivity contribution in [2.24, 2.45) is 0 Å². The van der Waals surface area contributed by atoms with Crippen LogP contribution in [0.1, 0.15) is 12.0 Å². The third-order valence-corrected chi connectivity index (χ3v) is 2.52. The fourth-order valence-corrected chi connectivity index (χ4v) is 1.62. The third kappa shape index (κ3) is 2.60. The smallest absolute Gasteiger partial charge is 0.0645 e. The van der Waals surface area contributed by atoms with Gasteiger partial charge in [0, 0.05) is 12.1 Å². The molecule has 2 rings (SSSR count). The first-order valence-electron chi connectivity index (χ1n) is 5.05. The predicted molar refractivity (Wildman–Crippen MR) is 62.6 cm³/mol. The van der Waals surface area contributed by atoms with Gasteiger partial charge in [-0.3, -0.25) is 0 Å². The van der Waals surface area contributed by atoms with Crippen molar-refractivity contribution in [1.29, 1.82) is 0 Å². The van der Waals surface area contributed by atoms with Gasteiger partial charge in [-0.1, -0.05) is 18.2 Å². The lowest BCUT2D eigenvalue weighted by Crippen LogP contribution is -1.92. The number of hydrogen-bond acceptors (Lipinski definition) is 1. The van der Waals surface area contributed by atoms with Gasteiger partial charge < -0.3 is 0 Å². The summed E-state index contributed by atoms with van der Waals surface area (Å²) in [4.78, 5) is 0. The van der Waals surface area contributed by atoms with Gasteiger partial charge >= 0.3 is 0 Å². The van der Waals surface area contributed by atoms with Gasteiger partial charge in [0.05, 0.1) is 11.9 Å². The molecule has 0 unspecified atom stereocenters. The predicted octanol–water partition coefficient (Wildman–Crippen LogP) is 3.04. The van der Waals surface area contributed by atoms with Gasteiger partial charge in [-0.2, -0.15) is 5.10 Å². The van der Waals surface area contributed by atoms with E-state index >= 15 is 0 Å². The molecule has 3 heteroatoms. The van der Waals surface area contributed by atoms with Crippen LogP contribution in [0.2, 0.25) is 0 Å². The molecule has 0 aliphatic heterocycles. The first-order chi connectivity index (χ1) is 7.40. The molecule has 0 spiro atoms. The van der Waals surface area contributed by atoms with E-state index in [2.05, 4.69) is 11.3 Å². The molecule has 0 radical (unpaired) electrons. The van der Waals surface area contributed by atoms with Crippen LogP contribution in [0.25, 0.3) is 5.69 Å². The lowest BCUT2D eigenvalue weighted by molar-refractivity contribution is 0.877. The summed E-state index contributed by atoms with van der Waals surface area (Å²) >= 11 is 5.65. The van der Waals surface area contributed by atoms with Gasteiger partial charge in [0.25, 0.3) is 0 Å². The Morgan fingerprint density at radius 2 is 2.00 bits per heavy atom. The maximum atomic E-state index is 5.65. The maximum absolute atomic E-state index is 5.65. The number of aromatic nitrogens is 2. The van der Waals surface area contributed by atoms with Gasteiger partial charge in [0.15, 0.2) is 0 Å². The Morgan fingerprint density at radius 3 is 2.73 bits per heavy atom. The Balaban J connectivity index is 2.14. The van der Waals surface area contributed by atoms with Crippen LogP contribution in [-0.2, 0) is 6.42 Å². The number of benzene rings is 1. The highest BCUT2D eigenvalue weighted by molar-refractivity contribution is 6.17. The Morgan fingerprint density at radius 1 is 1.20 bits per heavy atom. The molecule has 0 saturated heterocycles. The number of hydrogen-bond donors (Lipinski definition) is 0. The number of aryl methyl sites for hydroxylation is 1. The minimum atomic E-state index is 0.705. The molecule has 0 bridgehead atoms. The molecule has 1 aromatic heterocycles. The zero-order chi connectivity index (χ0) is 10.5. The van der Waals surface area contributed by atoms with E-state index < -0.39 is 0 Å². The molecule has 0 N–H and O–H groups in total. The van der Waals surface area contributed by atoms with Gasteiger partial charge in [0.1, 0.15) is 0 Å². The first kappa shape index (κ1) is 10.2. The standard InChI is InChI=1S/C12H13ClN2/c13-8-4-5-11-9-14-15(10-11)12-6-2-1-3-7-12/h1-3,6-7,9-10H,4-5,8H2. The SMILES string of the molecule is ClCCCc1cnn(-c2ccccc2)c1. The third-order valence-electron chi connectivity index (χ3n) is 2.26. The zero-order valence-electron chi connectivity index (χ0n) is 8.44. The van der Waals surface area contributed by atoms with Crippen molar-refractivity contribution in [3.05, 3.63) is 48.3 Å². The second-order valence-electron chi connectivity index (χ2n) is 3.42. The average Bonchev–Trinajstić information content (AvgIpc) is 2.76. The van der Waals surface area contributed by atoms with Crippen molar-refractivity contribution in [1.82, 2.24) is 9.78 Å². The van der Waals surface area contributed by atoms with E-state index in [1.807, 2.05) is 41.2 Å². The van der Waals surface area contributed by atoms with Crippen molar-refractivity contribution in [2.45, 2.75) is 12.8 Å². The fourth-order valence-electron chi connectivity index (χ4n) is 1.48. The van der Waals surface area contributed by atoms with Crippen LogP contribution in [0.4, 0.5) is 0 Å². The van der Waals surface area contributed by atoms with E-state index in [9.17, 15) is 0 Å². The second kappa shape index (κ2) is 4.99. The number of halogens is 1. The summed E-state index contributed by atoms with van der Waals surface area (Å²) in [6, 6.07) is 10.1. The molecule has 78 valence electrons. The van der Waals surface area contributed by atoms with E-state index in [1.54, 1.807) is 0 Å². The summed E-state index contributed by atoms with van der Waals surface area (Å²) in [5.41, 5.74) is 2.33. The van der Waals surface area contributed by atoms with Crippen LogP contribution in [-0.4, -0.2) is 15.7 Å². The summed E-state index contributed by atoms with van der Waals surface area (Å²) in [6.07, 6.45) is 5.96. The Hall–Kier alpha value is -1.28. The second-order valence-corrected chi connectivity index (χ2v) is 3.80. The van der Waals surface area contributed by atoms with Crippen molar-refractivity contribution in [2.75, 3.05) is 5.88 Å². The monoisotopic (exact) mass is 220 g/mol. The van der Waals surface area contributed by atoms with Crippen molar-refractivity contribution < 1.29 is 0 Å². The van der Waals surface area contributed by atoms with E-state index in [1.165, 1.54) is 5.56 Å². The fraction of sp³-hybridized carbons (Fsp3) is 0.250. The molecule has 0 aliphatic rings. The van der Waals surface area contributed by atoms with Crippen LogP contribution in [0.5, 0.6) is 0 Å². The molecule has 0 saturated carbocycles. The number of para-hydroxylation sites is 1. The van der Waals surface area contributed by atoms with Gasteiger partial charge in [-0.05, 0) is 30.5 Å². The summed E-state index contributed by atoms with van der Waals surface area (Å²) in [5.74, 6) is 0.705. The summed E-state index contributed by atoms with van der Waals surface area (Å²) in [7, 11) is 0. The molecule has 2 nitrogen and oxygen atoms in total. The van der Waals surface area contributed by atoms with Crippen molar-refractivity contribution >= 4 is 11.6 Å². The van der Waals surface area contributed by atoms with Crippen LogP contribution in [0.3, 0.4) is 0 Å². The van der Waals surface area contributed by atoms with E-state index in [0.717, 1.165) is 18.5 Å². The molecule has 0 atom stereocenters. The lowest BCUT2D eigenvalue weighted by atomic mass is 10.2. The minimum absolute atomic E-state index is 0.705. The Bertz CT molecular complexity index is 409. The van der Waals surface area contributed by atoms with Crippen molar-refractivity contribution in [3.8, 4) is 5.69 Å².